The molecule has 0 fully saturated rings. The van der Waals surface area contributed by atoms with Crippen LogP contribution in [0.25, 0.3) is 6.08 Å². The van der Waals surface area contributed by atoms with Crippen LogP contribution < -0.4 is 10.1 Å². The molecule has 0 aromatic heterocycles. The molecule has 2 aromatic carbocycles. The van der Waals surface area contributed by atoms with E-state index in [9.17, 15) is 19.7 Å². The largest absolute Gasteiger partial charge is 0.490 e. The molecule has 0 radical (unpaired) electrons. The number of anilines is 1. The molecule has 28 heavy (non-hydrogen) atoms. The first kappa shape index (κ1) is 18.8. The van der Waals surface area contributed by atoms with E-state index in [-0.39, 0.29) is 28.9 Å². The fourth-order valence-electron chi connectivity index (χ4n) is 2.53. The van der Waals surface area contributed by atoms with Crippen molar-refractivity contribution in [3.05, 3.63) is 69.4 Å². The number of benzene rings is 2. The minimum Gasteiger partial charge on any atom is -0.490 e. The Labute approximate surface area is 159 Å². The number of hydrogen-bond acceptors (Lipinski definition) is 7. The third-order valence-corrected chi connectivity index (χ3v) is 3.78. The van der Waals surface area contributed by atoms with Crippen LogP contribution >= 0.6 is 0 Å². The number of carbonyl (C=O) groups excluding carboxylic acids is 2. The Balaban J connectivity index is 1.88. The van der Waals surface area contributed by atoms with Crippen LogP contribution in [-0.4, -0.2) is 29.8 Å². The Kier molecular flexibility index (Phi) is 5.16. The zero-order valence-corrected chi connectivity index (χ0v) is 15.0. The topological polar surface area (TPSA) is 120 Å². The van der Waals surface area contributed by atoms with Crippen LogP contribution in [0.4, 0.5) is 11.4 Å². The minimum atomic E-state index is -0.667. The van der Waals surface area contributed by atoms with Gasteiger partial charge in [-0.25, -0.2) is 9.79 Å². The number of ether oxygens (including phenoxy) is 2. The zero-order valence-electron chi connectivity index (χ0n) is 15.0. The summed E-state index contributed by atoms with van der Waals surface area (Å²) in [6.07, 6.45) is 1.40. The Morgan fingerprint density at radius 3 is 2.57 bits per heavy atom. The molecule has 0 aliphatic carbocycles. The molecule has 0 atom stereocenters. The molecule has 0 unspecified atom stereocenters. The van der Waals surface area contributed by atoms with Gasteiger partial charge < -0.3 is 14.8 Å². The molecule has 0 saturated carbocycles. The van der Waals surface area contributed by atoms with Gasteiger partial charge in [0.25, 0.3) is 0 Å². The fraction of sp³-hybridized carbons (Fsp3) is 0.105. The van der Waals surface area contributed by atoms with Gasteiger partial charge >= 0.3 is 11.7 Å². The number of methoxy groups -OCH3 is 1. The predicted molar refractivity (Wildman–Crippen MR) is 101 cm³/mol. The summed E-state index contributed by atoms with van der Waals surface area (Å²) in [6.45, 7) is 1.40. The van der Waals surface area contributed by atoms with Crippen LogP contribution in [0.3, 0.4) is 0 Å². The van der Waals surface area contributed by atoms with Gasteiger partial charge in [0.05, 0.1) is 12.0 Å². The molecule has 142 valence electrons. The summed E-state index contributed by atoms with van der Waals surface area (Å²) in [5.41, 5.74) is 1.35. The van der Waals surface area contributed by atoms with Gasteiger partial charge in [-0.1, -0.05) is 6.07 Å². The molecular weight excluding hydrogens is 366 g/mol. The summed E-state index contributed by atoms with van der Waals surface area (Å²) in [5.74, 6) is -0.645. The number of aliphatic imine (C=N–C) groups is 1. The Bertz CT molecular complexity index is 1020. The first-order valence-corrected chi connectivity index (χ1v) is 8.10. The first-order chi connectivity index (χ1) is 13.4. The number of nitro benzene ring substituents is 1. The van der Waals surface area contributed by atoms with Gasteiger partial charge in [-0.05, 0) is 42.0 Å². The number of cyclic esters (lactones) is 1. The molecular formula is C19H15N3O6. The van der Waals surface area contributed by atoms with Crippen molar-refractivity contribution in [3.8, 4) is 5.75 Å². The lowest BCUT2D eigenvalue weighted by Gasteiger charge is -2.03. The molecule has 9 heteroatoms. The highest BCUT2D eigenvalue weighted by Gasteiger charge is 2.24. The van der Waals surface area contributed by atoms with E-state index < -0.39 is 10.9 Å². The summed E-state index contributed by atoms with van der Waals surface area (Å²) in [5, 5.41) is 13.8. The summed E-state index contributed by atoms with van der Waals surface area (Å²) < 4.78 is 10.1. The molecule has 0 bridgehead atoms. The van der Waals surface area contributed by atoms with Crippen molar-refractivity contribution in [2.24, 2.45) is 4.99 Å². The minimum absolute atomic E-state index is 0.0143. The fourth-order valence-corrected chi connectivity index (χ4v) is 2.53. The summed E-state index contributed by atoms with van der Waals surface area (Å²) >= 11 is 0. The van der Waals surface area contributed by atoms with E-state index in [0.717, 1.165) is 0 Å². The maximum absolute atomic E-state index is 12.1. The smallest absolute Gasteiger partial charge is 0.363 e. The third kappa shape index (κ3) is 4.04. The van der Waals surface area contributed by atoms with Crippen molar-refractivity contribution in [2.75, 3.05) is 12.4 Å². The van der Waals surface area contributed by atoms with E-state index >= 15 is 0 Å². The number of rotatable bonds is 5. The van der Waals surface area contributed by atoms with Crippen LogP contribution in [-0.2, 0) is 14.3 Å². The molecule has 1 aliphatic heterocycles. The van der Waals surface area contributed by atoms with Crippen LogP contribution in [0.15, 0.2) is 53.2 Å². The van der Waals surface area contributed by atoms with Gasteiger partial charge in [0, 0.05) is 24.2 Å². The predicted octanol–water partition coefficient (Wildman–Crippen LogP) is 2.91. The monoisotopic (exact) mass is 381 g/mol. The van der Waals surface area contributed by atoms with Crippen molar-refractivity contribution in [2.45, 2.75) is 6.92 Å². The van der Waals surface area contributed by atoms with E-state index in [2.05, 4.69) is 10.3 Å². The van der Waals surface area contributed by atoms with E-state index in [1.54, 1.807) is 30.3 Å². The molecule has 1 N–H and O–H groups in total. The van der Waals surface area contributed by atoms with Crippen molar-refractivity contribution in [3.63, 3.8) is 0 Å². The lowest BCUT2D eigenvalue weighted by atomic mass is 10.1. The lowest BCUT2D eigenvalue weighted by molar-refractivity contribution is -0.385. The molecule has 1 aliphatic rings. The number of esters is 1. The second-order valence-electron chi connectivity index (χ2n) is 5.78. The standard InChI is InChI=1S/C19H15N3O6/c1-11(23)20-14-6-4-13(5-7-14)18-21-15(19(24)28-18)9-12-3-8-17(27-2)16(10-12)22(25)26/h3-10H,1-2H3,(H,20,23)/b15-9-. The number of amides is 1. The number of nitrogens with zero attached hydrogens (tertiary/aromatic N) is 2. The van der Waals surface area contributed by atoms with E-state index in [0.29, 0.717) is 16.8 Å². The summed E-state index contributed by atoms with van der Waals surface area (Å²) in [7, 11) is 1.34. The Morgan fingerprint density at radius 2 is 1.96 bits per heavy atom. The SMILES string of the molecule is COc1ccc(/C=C2\N=C(c3ccc(NC(C)=O)cc3)OC2=O)cc1[N+](=O)[O-]. The second kappa shape index (κ2) is 7.70. The van der Waals surface area contributed by atoms with Crippen molar-refractivity contribution < 1.29 is 24.0 Å². The van der Waals surface area contributed by atoms with Crippen LogP contribution in [0.5, 0.6) is 5.75 Å². The van der Waals surface area contributed by atoms with Gasteiger partial charge in [-0.3, -0.25) is 14.9 Å². The molecule has 0 spiro atoms. The quantitative estimate of drug-likeness (QED) is 0.368. The average Bonchev–Trinajstić information content (AvgIpc) is 3.02. The van der Waals surface area contributed by atoms with Crippen molar-refractivity contribution >= 4 is 35.2 Å². The van der Waals surface area contributed by atoms with Gasteiger partial charge in [0.1, 0.15) is 0 Å². The third-order valence-electron chi connectivity index (χ3n) is 3.78. The zero-order chi connectivity index (χ0) is 20.3. The van der Waals surface area contributed by atoms with Gasteiger partial charge in [0.2, 0.25) is 11.8 Å². The molecule has 9 nitrogen and oxygen atoms in total. The number of hydrogen-bond donors (Lipinski definition) is 1. The van der Waals surface area contributed by atoms with Crippen LogP contribution in [0.1, 0.15) is 18.1 Å². The first-order valence-electron chi connectivity index (χ1n) is 8.10. The molecule has 1 heterocycles. The second-order valence-corrected chi connectivity index (χ2v) is 5.78. The van der Waals surface area contributed by atoms with Crippen LogP contribution in [0, 0.1) is 10.1 Å². The highest BCUT2D eigenvalue weighted by atomic mass is 16.6. The number of nitro groups is 1. The van der Waals surface area contributed by atoms with E-state index in [1.165, 1.54) is 32.2 Å². The lowest BCUT2D eigenvalue weighted by Crippen LogP contribution is -2.07. The van der Waals surface area contributed by atoms with Gasteiger partial charge in [-0.15, -0.1) is 0 Å². The van der Waals surface area contributed by atoms with E-state index in [4.69, 9.17) is 9.47 Å². The van der Waals surface area contributed by atoms with E-state index in [1.807, 2.05) is 0 Å². The Hall–Kier alpha value is -4.01. The normalized spacial score (nSPS) is 14.4. The summed E-state index contributed by atoms with van der Waals surface area (Å²) in [6, 6.07) is 10.9. The maximum Gasteiger partial charge on any atom is 0.363 e. The molecule has 2 aromatic rings. The maximum atomic E-state index is 12.1. The average molecular weight is 381 g/mol. The van der Waals surface area contributed by atoms with Crippen molar-refractivity contribution in [1.29, 1.82) is 0 Å². The molecule has 1 amide bonds. The summed E-state index contributed by atoms with van der Waals surface area (Å²) in [4.78, 5) is 37.9. The molecule has 3 rings (SSSR count). The van der Waals surface area contributed by atoms with Gasteiger partial charge in [-0.2, -0.15) is 0 Å². The van der Waals surface area contributed by atoms with Gasteiger partial charge in [0.15, 0.2) is 11.4 Å². The highest BCUT2D eigenvalue weighted by Crippen LogP contribution is 2.29. The Morgan fingerprint density at radius 1 is 1.25 bits per heavy atom. The number of carbonyl (C=O) groups is 2. The van der Waals surface area contributed by atoms with Crippen LogP contribution in [0.2, 0.25) is 0 Å². The van der Waals surface area contributed by atoms with Crippen molar-refractivity contribution in [1.82, 2.24) is 0 Å². The highest BCUT2D eigenvalue weighted by molar-refractivity contribution is 6.13. The number of nitrogens with one attached hydrogen (secondary N) is 1. The molecule has 0 saturated heterocycles.